The van der Waals surface area contributed by atoms with E-state index in [1.807, 2.05) is 0 Å². The molecule has 1 aromatic carbocycles. The molecule has 2 heterocycles. The van der Waals surface area contributed by atoms with Gasteiger partial charge >= 0.3 is 0 Å². The first-order valence-electron chi connectivity index (χ1n) is 8.53. The van der Waals surface area contributed by atoms with Gasteiger partial charge in [0.25, 0.3) is 5.91 Å². The lowest BCUT2D eigenvalue weighted by Crippen LogP contribution is -2.53. The fraction of sp³-hybridized carbons (Fsp3) is 0.368. The highest BCUT2D eigenvalue weighted by molar-refractivity contribution is 5.98. The highest BCUT2D eigenvalue weighted by Gasteiger charge is 2.36. The number of ether oxygens (including phenoxy) is 1. The van der Waals surface area contributed by atoms with E-state index in [9.17, 15) is 14.3 Å². The summed E-state index contributed by atoms with van der Waals surface area (Å²) >= 11 is 0. The number of nitrogens with one attached hydrogen (secondary N) is 1. The quantitative estimate of drug-likeness (QED) is 0.857. The molecule has 0 radical (unpaired) electrons. The van der Waals surface area contributed by atoms with Crippen LogP contribution in [0.4, 0.5) is 10.2 Å². The molecule has 3 rings (SSSR count). The number of pyridine rings is 1. The number of likely N-dealkylation sites (tertiary alicyclic amines) is 1. The van der Waals surface area contributed by atoms with Crippen LogP contribution >= 0.6 is 0 Å². The number of halogens is 1. The third-order valence-corrected chi connectivity index (χ3v) is 4.42. The minimum absolute atomic E-state index is 0.00778. The SMILES string of the molecule is CNc1ncccc1C(=O)N1CCC[C@](O)(COc2cccc(F)c2)C1. The first-order valence-corrected chi connectivity index (χ1v) is 8.53. The Kier molecular flexibility index (Phi) is 5.37. The largest absolute Gasteiger partial charge is 0.490 e. The Hall–Kier alpha value is -2.67. The molecule has 6 nitrogen and oxygen atoms in total. The molecule has 1 fully saturated rings. The molecular weight excluding hydrogens is 337 g/mol. The van der Waals surface area contributed by atoms with E-state index in [-0.39, 0.29) is 19.1 Å². The average molecular weight is 359 g/mol. The summed E-state index contributed by atoms with van der Waals surface area (Å²) in [7, 11) is 1.71. The first kappa shape index (κ1) is 18.1. The summed E-state index contributed by atoms with van der Waals surface area (Å²) < 4.78 is 18.8. The van der Waals surface area contributed by atoms with Crippen LogP contribution in [0.5, 0.6) is 5.75 Å². The summed E-state index contributed by atoms with van der Waals surface area (Å²) in [5.41, 5.74) is -0.715. The highest BCUT2D eigenvalue weighted by Crippen LogP contribution is 2.25. The topological polar surface area (TPSA) is 74.7 Å². The number of amides is 1. The third kappa shape index (κ3) is 4.11. The van der Waals surface area contributed by atoms with Crippen LogP contribution in [-0.4, -0.2) is 53.2 Å². The Labute approximate surface area is 151 Å². The van der Waals surface area contributed by atoms with Gasteiger partial charge in [-0.1, -0.05) is 6.07 Å². The van der Waals surface area contributed by atoms with Gasteiger partial charge in [0.05, 0.1) is 12.1 Å². The zero-order valence-electron chi connectivity index (χ0n) is 14.6. The van der Waals surface area contributed by atoms with E-state index in [1.165, 1.54) is 12.1 Å². The van der Waals surface area contributed by atoms with E-state index >= 15 is 0 Å². The molecule has 1 aromatic heterocycles. The Morgan fingerprint density at radius 3 is 3.04 bits per heavy atom. The zero-order chi connectivity index (χ0) is 18.6. The molecule has 7 heteroatoms. The van der Waals surface area contributed by atoms with Gasteiger partial charge in [-0.15, -0.1) is 0 Å². The lowest BCUT2D eigenvalue weighted by molar-refractivity contribution is -0.0532. The summed E-state index contributed by atoms with van der Waals surface area (Å²) in [6.07, 6.45) is 2.78. The number of benzene rings is 1. The van der Waals surface area contributed by atoms with Crippen molar-refractivity contribution in [3.05, 3.63) is 54.0 Å². The fourth-order valence-corrected chi connectivity index (χ4v) is 3.13. The van der Waals surface area contributed by atoms with E-state index in [2.05, 4.69) is 10.3 Å². The van der Waals surface area contributed by atoms with E-state index in [4.69, 9.17) is 4.74 Å². The molecule has 1 saturated heterocycles. The summed E-state index contributed by atoms with van der Waals surface area (Å²) in [4.78, 5) is 18.6. The Bertz CT molecular complexity index is 786. The van der Waals surface area contributed by atoms with Crippen molar-refractivity contribution in [2.24, 2.45) is 0 Å². The van der Waals surface area contributed by atoms with Crippen molar-refractivity contribution in [2.75, 3.05) is 32.1 Å². The molecule has 0 spiro atoms. The minimum atomic E-state index is -1.18. The van der Waals surface area contributed by atoms with Crippen molar-refractivity contribution < 1.29 is 19.0 Å². The van der Waals surface area contributed by atoms with E-state index in [0.717, 1.165) is 0 Å². The number of aromatic nitrogens is 1. The number of aliphatic hydroxyl groups is 1. The zero-order valence-corrected chi connectivity index (χ0v) is 14.6. The average Bonchev–Trinajstić information content (AvgIpc) is 2.66. The molecule has 0 bridgehead atoms. The minimum Gasteiger partial charge on any atom is -0.490 e. The van der Waals surface area contributed by atoms with Crippen molar-refractivity contribution in [3.63, 3.8) is 0 Å². The summed E-state index contributed by atoms with van der Waals surface area (Å²) in [5.74, 6) is 0.270. The maximum atomic E-state index is 13.2. The molecule has 1 amide bonds. The second kappa shape index (κ2) is 7.70. The standard InChI is InChI=1S/C19H22FN3O3/c1-21-17-16(7-3-9-22-17)18(24)23-10-4-8-19(25,12-23)13-26-15-6-2-5-14(20)11-15/h2-3,5-7,9,11,25H,4,8,10,12-13H2,1H3,(H,21,22)/t19-/m1/s1. The molecule has 0 unspecified atom stereocenters. The number of piperidine rings is 1. The Morgan fingerprint density at radius 2 is 2.27 bits per heavy atom. The first-order chi connectivity index (χ1) is 12.5. The predicted octanol–water partition coefficient (Wildman–Crippen LogP) is 2.31. The van der Waals surface area contributed by atoms with Gasteiger partial charge in [-0.3, -0.25) is 4.79 Å². The van der Waals surface area contributed by atoms with Crippen LogP contribution in [0.2, 0.25) is 0 Å². The van der Waals surface area contributed by atoms with Crippen LogP contribution in [0.15, 0.2) is 42.6 Å². The van der Waals surface area contributed by atoms with Gasteiger partial charge in [-0.2, -0.15) is 0 Å². The van der Waals surface area contributed by atoms with E-state index in [1.54, 1.807) is 42.4 Å². The second-order valence-electron chi connectivity index (χ2n) is 6.45. The number of carbonyl (C=O) groups is 1. The van der Waals surface area contributed by atoms with E-state index in [0.29, 0.717) is 36.5 Å². The number of rotatable bonds is 5. The van der Waals surface area contributed by atoms with Crippen LogP contribution in [0.3, 0.4) is 0 Å². The lowest BCUT2D eigenvalue weighted by atomic mass is 9.93. The molecule has 26 heavy (non-hydrogen) atoms. The molecule has 2 aromatic rings. The predicted molar refractivity (Wildman–Crippen MR) is 95.8 cm³/mol. The highest BCUT2D eigenvalue weighted by atomic mass is 19.1. The van der Waals surface area contributed by atoms with Gasteiger partial charge in [0, 0.05) is 25.9 Å². The molecular formula is C19H22FN3O3. The van der Waals surface area contributed by atoms with Gasteiger partial charge in [0.1, 0.15) is 29.6 Å². The number of carbonyl (C=O) groups excluding carboxylic acids is 1. The summed E-state index contributed by atoms with van der Waals surface area (Å²) in [5, 5.41) is 13.8. The van der Waals surface area contributed by atoms with Crippen LogP contribution < -0.4 is 10.1 Å². The van der Waals surface area contributed by atoms with Gasteiger partial charge in [0.2, 0.25) is 0 Å². The van der Waals surface area contributed by atoms with Crippen molar-refractivity contribution in [2.45, 2.75) is 18.4 Å². The molecule has 1 aliphatic rings. The van der Waals surface area contributed by atoms with Gasteiger partial charge in [-0.25, -0.2) is 9.37 Å². The number of hydrogen-bond donors (Lipinski definition) is 2. The van der Waals surface area contributed by atoms with E-state index < -0.39 is 11.4 Å². The number of anilines is 1. The Balaban J connectivity index is 1.68. The van der Waals surface area contributed by atoms with Crippen molar-refractivity contribution in [1.82, 2.24) is 9.88 Å². The normalized spacial score (nSPS) is 19.9. The maximum Gasteiger partial charge on any atom is 0.257 e. The van der Waals surface area contributed by atoms with Crippen LogP contribution in [0, 0.1) is 5.82 Å². The summed E-state index contributed by atoms with van der Waals surface area (Å²) in [6.45, 7) is 0.699. The fourth-order valence-electron chi connectivity index (χ4n) is 3.13. The number of hydrogen-bond acceptors (Lipinski definition) is 5. The second-order valence-corrected chi connectivity index (χ2v) is 6.45. The lowest BCUT2D eigenvalue weighted by Gasteiger charge is -2.39. The molecule has 1 atom stereocenters. The van der Waals surface area contributed by atoms with Crippen LogP contribution in [0.1, 0.15) is 23.2 Å². The number of β-amino-alcohol motifs (C(OH)–C–C–N with tert-alkyl or cyclic N) is 1. The molecule has 2 N–H and O–H groups in total. The van der Waals surface area contributed by atoms with Gasteiger partial charge in [0.15, 0.2) is 0 Å². The molecule has 1 aliphatic heterocycles. The van der Waals surface area contributed by atoms with Crippen LogP contribution in [0.25, 0.3) is 0 Å². The van der Waals surface area contributed by atoms with Crippen molar-refractivity contribution >= 4 is 11.7 Å². The maximum absolute atomic E-state index is 13.2. The van der Waals surface area contributed by atoms with Gasteiger partial charge < -0.3 is 20.1 Å². The van der Waals surface area contributed by atoms with Crippen LogP contribution in [-0.2, 0) is 0 Å². The molecule has 0 aliphatic carbocycles. The smallest absolute Gasteiger partial charge is 0.257 e. The third-order valence-electron chi connectivity index (χ3n) is 4.42. The van der Waals surface area contributed by atoms with Crippen molar-refractivity contribution in [3.8, 4) is 5.75 Å². The molecule has 138 valence electrons. The Morgan fingerprint density at radius 1 is 1.42 bits per heavy atom. The molecule has 0 saturated carbocycles. The number of nitrogens with zero attached hydrogens (tertiary/aromatic N) is 2. The summed E-state index contributed by atoms with van der Waals surface area (Å²) in [6, 6.07) is 9.19. The monoisotopic (exact) mass is 359 g/mol. The van der Waals surface area contributed by atoms with Crippen molar-refractivity contribution in [1.29, 1.82) is 0 Å². The van der Waals surface area contributed by atoms with Gasteiger partial charge in [-0.05, 0) is 37.1 Å².